The standard InChI is InChI=1S/C20H19N3O4S/c1-11(13-6-7-14-16(9-13)27-10-26-14)22-19(24)17-12(2)21-18(23-20(17)28-3)15-5-4-8-25-15/h4-9,11H,10H2,1-3H3,(H,22,24)/t11-/m0/s1. The number of amides is 1. The number of fused-ring (bicyclic) bond motifs is 1. The Labute approximate surface area is 166 Å². The Morgan fingerprint density at radius 2 is 2.04 bits per heavy atom. The van der Waals surface area contributed by atoms with Gasteiger partial charge in [0.25, 0.3) is 5.91 Å². The summed E-state index contributed by atoms with van der Waals surface area (Å²) in [5.41, 5.74) is 1.99. The number of thioether (sulfide) groups is 1. The summed E-state index contributed by atoms with van der Waals surface area (Å²) < 4.78 is 16.1. The summed E-state index contributed by atoms with van der Waals surface area (Å²) in [7, 11) is 0. The van der Waals surface area contributed by atoms with E-state index in [1.165, 1.54) is 11.8 Å². The lowest BCUT2D eigenvalue weighted by molar-refractivity contribution is 0.0935. The van der Waals surface area contributed by atoms with Gasteiger partial charge in [-0.05, 0) is 49.9 Å². The zero-order valence-corrected chi connectivity index (χ0v) is 16.5. The second-order valence-electron chi connectivity index (χ2n) is 6.30. The summed E-state index contributed by atoms with van der Waals surface area (Å²) in [6.45, 7) is 3.94. The normalized spacial score (nSPS) is 13.4. The number of aryl methyl sites for hydroxylation is 1. The minimum absolute atomic E-state index is 0.217. The Morgan fingerprint density at radius 3 is 2.79 bits per heavy atom. The molecule has 3 aromatic rings. The van der Waals surface area contributed by atoms with Crippen LogP contribution in [0.15, 0.2) is 46.0 Å². The van der Waals surface area contributed by atoms with E-state index >= 15 is 0 Å². The fourth-order valence-corrected chi connectivity index (χ4v) is 3.63. The van der Waals surface area contributed by atoms with Crippen molar-refractivity contribution in [3.8, 4) is 23.1 Å². The molecule has 0 radical (unpaired) electrons. The van der Waals surface area contributed by atoms with Crippen molar-refractivity contribution in [3.63, 3.8) is 0 Å². The third-order valence-electron chi connectivity index (χ3n) is 4.46. The number of carbonyl (C=O) groups excluding carboxylic acids is 1. The van der Waals surface area contributed by atoms with E-state index in [4.69, 9.17) is 13.9 Å². The van der Waals surface area contributed by atoms with Gasteiger partial charge in [0, 0.05) is 0 Å². The van der Waals surface area contributed by atoms with Gasteiger partial charge in [-0.1, -0.05) is 6.07 Å². The first-order chi connectivity index (χ1) is 13.6. The first-order valence-corrected chi connectivity index (χ1v) is 9.96. The van der Waals surface area contributed by atoms with E-state index in [1.807, 2.05) is 31.4 Å². The number of nitrogens with one attached hydrogen (secondary N) is 1. The first-order valence-electron chi connectivity index (χ1n) is 8.73. The predicted molar refractivity (Wildman–Crippen MR) is 105 cm³/mol. The number of aromatic nitrogens is 2. The molecule has 0 saturated carbocycles. The fourth-order valence-electron chi connectivity index (χ4n) is 3.01. The van der Waals surface area contributed by atoms with Gasteiger partial charge in [-0.25, -0.2) is 9.97 Å². The largest absolute Gasteiger partial charge is 0.461 e. The molecule has 144 valence electrons. The second-order valence-corrected chi connectivity index (χ2v) is 7.10. The summed E-state index contributed by atoms with van der Waals surface area (Å²) in [5, 5.41) is 3.63. The number of ether oxygens (including phenoxy) is 2. The number of benzene rings is 1. The SMILES string of the molecule is CSc1nc(-c2ccco2)nc(C)c1C(=O)N[C@@H](C)c1ccc2c(c1)OCO2. The molecular weight excluding hydrogens is 378 g/mol. The smallest absolute Gasteiger partial charge is 0.256 e. The van der Waals surface area contributed by atoms with Crippen LogP contribution in [0.5, 0.6) is 11.5 Å². The van der Waals surface area contributed by atoms with E-state index < -0.39 is 0 Å². The molecule has 2 aromatic heterocycles. The number of furan rings is 1. The monoisotopic (exact) mass is 397 g/mol. The van der Waals surface area contributed by atoms with Gasteiger partial charge in [0.1, 0.15) is 5.03 Å². The van der Waals surface area contributed by atoms with Crippen LogP contribution in [0.3, 0.4) is 0 Å². The van der Waals surface area contributed by atoms with E-state index in [-0.39, 0.29) is 18.7 Å². The Kier molecular flexibility index (Phi) is 4.95. The van der Waals surface area contributed by atoms with Crippen molar-refractivity contribution in [2.45, 2.75) is 24.9 Å². The predicted octanol–water partition coefficient (Wildman–Crippen LogP) is 3.99. The van der Waals surface area contributed by atoms with Crippen molar-refractivity contribution < 1.29 is 18.7 Å². The van der Waals surface area contributed by atoms with Crippen molar-refractivity contribution in [3.05, 3.63) is 53.4 Å². The molecule has 0 unspecified atom stereocenters. The molecule has 3 heterocycles. The average molecular weight is 397 g/mol. The quantitative estimate of drug-likeness (QED) is 0.515. The van der Waals surface area contributed by atoms with Crippen molar-refractivity contribution in [1.82, 2.24) is 15.3 Å². The molecule has 28 heavy (non-hydrogen) atoms. The second kappa shape index (κ2) is 7.55. The van der Waals surface area contributed by atoms with E-state index in [1.54, 1.807) is 25.3 Å². The molecule has 1 aliphatic heterocycles. The lowest BCUT2D eigenvalue weighted by Crippen LogP contribution is -2.28. The van der Waals surface area contributed by atoms with Gasteiger partial charge in [-0.2, -0.15) is 0 Å². The Balaban J connectivity index is 1.59. The molecule has 0 fully saturated rings. The highest BCUT2D eigenvalue weighted by atomic mass is 32.2. The van der Waals surface area contributed by atoms with Crippen molar-refractivity contribution in [2.75, 3.05) is 13.0 Å². The minimum Gasteiger partial charge on any atom is -0.461 e. The van der Waals surface area contributed by atoms with Gasteiger partial charge < -0.3 is 19.2 Å². The lowest BCUT2D eigenvalue weighted by atomic mass is 10.1. The van der Waals surface area contributed by atoms with Crippen LogP contribution in [0.1, 0.15) is 34.6 Å². The summed E-state index contributed by atoms with van der Waals surface area (Å²) in [4.78, 5) is 21.9. The average Bonchev–Trinajstić information content (AvgIpc) is 3.38. The topological polar surface area (TPSA) is 86.5 Å². The molecule has 1 aliphatic rings. The highest BCUT2D eigenvalue weighted by Crippen LogP contribution is 2.34. The number of rotatable bonds is 5. The first kappa shape index (κ1) is 18.4. The van der Waals surface area contributed by atoms with Gasteiger partial charge in [0.05, 0.1) is 23.6 Å². The number of hydrogen-bond acceptors (Lipinski definition) is 7. The van der Waals surface area contributed by atoms with Gasteiger partial charge >= 0.3 is 0 Å². The maximum absolute atomic E-state index is 13.0. The molecule has 0 bridgehead atoms. The van der Waals surface area contributed by atoms with E-state index in [0.29, 0.717) is 39.4 Å². The highest BCUT2D eigenvalue weighted by Gasteiger charge is 2.22. The molecule has 4 rings (SSSR count). The van der Waals surface area contributed by atoms with Crippen LogP contribution in [0, 0.1) is 6.92 Å². The molecular formula is C20H19N3O4S. The van der Waals surface area contributed by atoms with E-state index in [2.05, 4.69) is 15.3 Å². The van der Waals surface area contributed by atoms with Gasteiger partial charge in [0.2, 0.25) is 6.79 Å². The highest BCUT2D eigenvalue weighted by molar-refractivity contribution is 7.98. The van der Waals surface area contributed by atoms with Crippen LogP contribution in [0.2, 0.25) is 0 Å². The van der Waals surface area contributed by atoms with Crippen molar-refractivity contribution in [2.24, 2.45) is 0 Å². The third-order valence-corrected chi connectivity index (χ3v) is 5.15. The number of hydrogen-bond donors (Lipinski definition) is 1. The molecule has 1 aromatic carbocycles. The maximum atomic E-state index is 13.0. The number of carbonyl (C=O) groups is 1. The zero-order chi connectivity index (χ0) is 19.7. The molecule has 7 nitrogen and oxygen atoms in total. The summed E-state index contributed by atoms with van der Waals surface area (Å²) in [6, 6.07) is 8.99. The van der Waals surface area contributed by atoms with Crippen LogP contribution in [0.25, 0.3) is 11.6 Å². The summed E-state index contributed by atoms with van der Waals surface area (Å²) in [5.74, 6) is 2.21. The minimum atomic E-state index is -0.224. The summed E-state index contributed by atoms with van der Waals surface area (Å²) >= 11 is 1.40. The molecule has 8 heteroatoms. The van der Waals surface area contributed by atoms with Gasteiger partial charge in [-0.15, -0.1) is 11.8 Å². The van der Waals surface area contributed by atoms with Crippen LogP contribution in [-0.2, 0) is 0 Å². The molecule has 1 N–H and O–H groups in total. The Morgan fingerprint density at radius 1 is 1.21 bits per heavy atom. The van der Waals surface area contributed by atoms with Crippen molar-refractivity contribution >= 4 is 17.7 Å². The van der Waals surface area contributed by atoms with E-state index in [0.717, 1.165) is 5.56 Å². The molecule has 0 spiro atoms. The molecule has 1 amide bonds. The van der Waals surface area contributed by atoms with Crippen LogP contribution in [-0.4, -0.2) is 28.9 Å². The fraction of sp³-hybridized carbons (Fsp3) is 0.250. The lowest BCUT2D eigenvalue weighted by Gasteiger charge is -2.17. The Hall–Kier alpha value is -3.00. The van der Waals surface area contributed by atoms with Crippen LogP contribution >= 0.6 is 11.8 Å². The Bertz CT molecular complexity index is 1020. The van der Waals surface area contributed by atoms with Gasteiger partial charge in [0.15, 0.2) is 23.1 Å². The van der Waals surface area contributed by atoms with Gasteiger partial charge in [-0.3, -0.25) is 4.79 Å². The zero-order valence-electron chi connectivity index (χ0n) is 15.7. The molecule has 0 saturated heterocycles. The maximum Gasteiger partial charge on any atom is 0.256 e. The summed E-state index contributed by atoms with van der Waals surface area (Å²) in [6.07, 6.45) is 3.45. The molecule has 0 aliphatic carbocycles. The van der Waals surface area contributed by atoms with Crippen LogP contribution < -0.4 is 14.8 Å². The molecule has 1 atom stereocenters. The third kappa shape index (κ3) is 3.43. The van der Waals surface area contributed by atoms with Crippen LogP contribution in [0.4, 0.5) is 0 Å². The van der Waals surface area contributed by atoms with E-state index in [9.17, 15) is 4.79 Å². The van der Waals surface area contributed by atoms with Crippen molar-refractivity contribution in [1.29, 1.82) is 0 Å². The number of nitrogens with zero attached hydrogens (tertiary/aromatic N) is 2.